The van der Waals surface area contributed by atoms with Crippen LogP contribution in [0.3, 0.4) is 0 Å². The molecule has 0 aliphatic rings. The lowest BCUT2D eigenvalue weighted by molar-refractivity contribution is -0.122. The summed E-state index contributed by atoms with van der Waals surface area (Å²) in [6.45, 7) is 7.01. The number of amides is 2. The Hall–Kier alpha value is -2.70. The van der Waals surface area contributed by atoms with E-state index in [0.717, 1.165) is 16.8 Å². The minimum atomic E-state index is -1.15. The Morgan fingerprint density at radius 3 is 2.32 bits per heavy atom. The van der Waals surface area contributed by atoms with Crippen molar-refractivity contribution in [2.45, 2.75) is 33.2 Å². The molecule has 0 spiro atoms. The first-order chi connectivity index (χ1) is 10.2. The molecule has 0 radical (unpaired) electrons. The molecule has 3 N–H and O–H groups in total. The summed E-state index contributed by atoms with van der Waals surface area (Å²) in [5.74, 6) is -1.12. The predicted octanol–water partition coefficient (Wildman–Crippen LogP) is 0.878. The Kier molecular flexibility index (Phi) is 3.99. The molecule has 0 atom stereocenters. The van der Waals surface area contributed by atoms with Crippen molar-refractivity contribution in [2.75, 3.05) is 0 Å². The Morgan fingerprint density at radius 2 is 1.77 bits per heavy atom. The number of benzene rings is 1. The molecule has 2 amide bonds. The Bertz CT molecular complexity index is 713. The van der Waals surface area contributed by atoms with E-state index in [2.05, 4.69) is 15.5 Å². The highest BCUT2D eigenvalue weighted by Crippen LogP contribution is 2.12. The van der Waals surface area contributed by atoms with Gasteiger partial charge in [0.2, 0.25) is 5.91 Å². The minimum absolute atomic E-state index is 0.119. The summed E-state index contributed by atoms with van der Waals surface area (Å²) >= 11 is 0. The molecule has 1 heterocycles. The molecular formula is C15H19N5O2. The fourth-order valence-corrected chi connectivity index (χ4v) is 1.97. The van der Waals surface area contributed by atoms with Crippen LogP contribution in [-0.2, 0) is 4.79 Å². The SMILES string of the molecule is Cc1cc(C)cc(-n2ncc(C(=O)NC(C)(C)C(N)=O)n2)c1. The van der Waals surface area contributed by atoms with Crippen molar-refractivity contribution < 1.29 is 9.59 Å². The van der Waals surface area contributed by atoms with Gasteiger partial charge in [0.05, 0.1) is 11.9 Å². The average Bonchev–Trinajstić information content (AvgIpc) is 2.86. The molecule has 0 saturated heterocycles. The van der Waals surface area contributed by atoms with Gasteiger partial charge in [0, 0.05) is 0 Å². The van der Waals surface area contributed by atoms with Gasteiger partial charge in [-0.25, -0.2) is 0 Å². The molecule has 22 heavy (non-hydrogen) atoms. The van der Waals surface area contributed by atoms with Gasteiger partial charge in [-0.2, -0.15) is 9.90 Å². The van der Waals surface area contributed by atoms with Crippen LogP contribution in [-0.4, -0.2) is 32.3 Å². The molecule has 2 rings (SSSR count). The van der Waals surface area contributed by atoms with Gasteiger partial charge in [-0.3, -0.25) is 9.59 Å². The standard InChI is InChI=1S/C15H19N5O2/c1-9-5-10(2)7-11(6-9)20-17-8-12(19-20)13(21)18-15(3,4)14(16)22/h5-8H,1-4H3,(H2,16,22)(H,18,21). The van der Waals surface area contributed by atoms with Gasteiger partial charge < -0.3 is 11.1 Å². The third-order valence-corrected chi connectivity index (χ3v) is 3.20. The zero-order valence-electron chi connectivity index (χ0n) is 13.0. The van der Waals surface area contributed by atoms with Crippen molar-refractivity contribution in [3.05, 3.63) is 41.2 Å². The maximum atomic E-state index is 12.1. The van der Waals surface area contributed by atoms with Crippen molar-refractivity contribution in [3.8, 4) is 5.69 Å². The maximum Gasteiger partial charge on any atom is 0.274 e. The fraction of sp³-hybridized carbons (Fsp3) is 0.333. The van der Waals surface area contributed by atoms with E-state index in [1.165, 1.54) is 24.8 Å². The first-order valence-corrected chi connectivity index (χ1v) is 6.82. The quantitative estimate of drug-likeness (QED) is 0.874. The maximum absolute atomic E-state index is 12.1. The van der Waals surface area contributed by atoms with Gasteiger partial charge in [0.25, 0.3) is 5.91 Å². The van der Waals surface area contributed by atoms with Crippen LogP contribution in [0.5, 0.6) is 0 Å². The molecule has 0 aliphatic heterocycles. The second-order valence-corrected chi connectivity index (χ2v) is 5.81. The van der Waals surface area contributed by atoms with Crippen LogP contribution in [0.1, 0.15) is 35.5 Å². The van der Waals surface area contributed by atoms with E-state index < -0.39 is 17.4 Å². The second-order valence-electron chi connectivity index (χ2n) is 5.81. The molecule has 1 aromatic carbocycles. The normalized spacial score (nSPS) is 11.3. The highest BCUT2D eigenvalue weighted by Gasteiger charge is 2.28. The lowest BCUT2D eigenvalue weighted by Crippen LogP contribution is -2.53. The summed E-state index contributed by atoms with van der Waals surface area (Å²) < 4.78 is 0. The van der Waals surface area contributed by atoms with Crippen molar-refractivity contribution >= 4 is 11.8 Å². The Labute approximate surface area is 128 Å². The molecule has 0 aliphatic carbocycles. The number of nitrogens with one attached hydrogen (secondary N) is 1. The van der Waals surface area contributed by atoms with Crippen molar-refractivity contribution in [3.63, 3.8) is 0 Å². The monoisotopic (exact) mass is 301 g/mol. The first kappa shape index (κ1) is 15.7. The molecule has 2 aromatic rings. The predicted molar refractivity (Wildman–Crippen MR) is 81.6 cm³/mol. The van der Waals surface area contributed by atoms with E-state index in [-0.39, 0.29) is 5.69 Å². The molecule has 0 fully saturated rings. The zero-order chi connectivity index (χ0) is 16.5. The summed E-state index contributed by atoms with van der Waals surface area (Å²) in [5.41, 5.74) is 7.12. The number of carbonyl (C=O) groups is 2. The number of aromatic nitrogens is 3. The number of primary amides is 1. The van der Waals surface area contributed by atoms with Crippen LogP contribution in [0.2, 0.25) is 0 Å². The molecular weight excluding hydrogens is 282 g/mol. The number of nitrogens with zero attached hydrogens (tertiary/aromatic N) is 3. The van der Waals surface area contributed by atoms with E-state index in [9.17, 15) is 9.59 Å². The number of hydrogen-bond donors (Lipinski definition) is 2. The van der Waals surface area contributed by atoms with Crippen molar-refractivity contribution in [2.24, 2.45) is 5.73 Å². The van der Waals surface area contributed by atoms with Crippen LogP contribution in [0, 0.1) is 13.8 Å². The largest absolute Gasteiger partial charge is 0.368 e. The first-order valence-electron chi connectivity index (χ1n) is 6.82. The molecule has 0 saturated carbocycles. The van der Waals surface area contributed by atoms with E-state index in [1.807, 2.05) is 32.0 Å². The van der Waals surface area contributed by atoms with E-state index in [1.54, 1.807) is 0 Å². The van der Waals surface area contributed by atoms with Gasteiger partial charge in [-0.05, 0) is 51.0 Å². The summed E-state index contributed by atoms with van der Waals surface area (Å²) in [5, 5.41) is 10.8. The van der Waals surface area contributed by atoms with E-state index in [4.69, 9.17) is 5.73 Å². The number of aryl methyl sites for hydroxylation is 2. The Morgan fingerprint density at radius 1 is 1.18 bits per heavy atom. The molecule has 1 aromatic heterocycles. The second kappa shape index (κ2) is 5.59. The van der Waals surface area contributed by atoms with Crippen LogP contribution >= 0.6 is 0 Å². The summed E-state index contributed by atoms with van der Waals surface area (Å²) in [7, 11) is 0. The highest BCUT2D eigenvalue weighted by molar-refractivity contribution is 5.97. The van der Waals surface area contributed by atoms with Crippen molar-refractivity contribution in [1.82, 2.24) is 20.3 Å². The topological polar surface area (TPSA) is 103 Å². The van der Waals surface area contributed by atoms with E-state index in [0.29, 0.717) is 0 Å². The van der Waals surface area contributed by atoms with Crippen LogP contribution < -0.4 is 11.1 Å². The Balaban J connectivity index is 2.24. The van der Waals surface area contributed by atoms with Gasteiger partial charge in [0.1, 0.15) is 5.54 Å². The smallest absolute Gasteiger partial charge is 0.274 e. The van der Waals surface area contributed by atoms with E-state index >= 15 is 0 Å². The molecule has 0 unspecified atom stereocenters. The average molecular weight is 301 g/mol. The minimum Gasteiger partial charge on any atom is -0.368 e. The van der Waals surface area contributed by atoms with Gasteiger partial charge >= 0.3 is 0 Å². The number of rotatable bonds is 4. The lowest BCUT2D eigenvalue weighted by Gasteiger charge is -2.21. The van der Waals surface area contributed by atoms with Gasteiger partial charge in [-0.1, -0.05) is 6.07 Å². The van der Waals surface area contributed by atoms with Crippen LogP contribution in [0.25, 0.3) is 5.69 Å². The summed E-state index contributed by atoms with van der Waals surface area (Å²) in [6, 6.07) is 5.88. The highest BCUT2D eigenvalue weighted by atomic mass is 16.2. The molecule has 7 heteroatoms. The zero-order valence-corrected chi connectivity index (χ0v) is 13.0. The molecule has 7 nitrogen and oxygen atoms in total. The molecule has 0 bridgehead atoms. The van der Waals surface area contributed by atoms with Gasteiger partial charge in [0.15, 0.2) is 5.69 Å². The lowest BCUT2D eigenvalue weighted by atomic mass is 10.1. The third-order valence-electron chi connectivity index (χ3n) is 3.20. The number of nitrogens with two attached hydrogens (primary N) is 1. The van der Waals surface area contributed by atoms with Crippen molar-refractivity contribution in [1.29, 1.82) is 0 Å². The van der Waals surface area contributed by atoms with Crippen LogP contribution in [0.15, 0.2) is 24.4 Å². The summed E-state index contributed by atoms with van der Waals surface area (Å²) in [6.07, 6.45) is 1.35. The fourth-order valence-electron chi connectivity index (χ4n) is 1.97. The molecule has 116 valence electrons. The van der Waals surface area contributed by atoms with Crippen LogP contribution in [0.4, 0.5) is 0 Å². The third kappa shape index (κ3) is 3.30. The number of carbonyl (C=O) groups excluding carboxylic acids is 2. The summed E-state index contributed by atoms with van der Waals surface area (Å²) in [4.78, 5) is 24.7. The number of hydrogen-bond acceptors (Lipinski definition) is 4. The van der Waals surface area contributed by atoms with Gasteiger partial charge in [-0.15, -0.1) is 5.10 Å².